The third kappa shape index (κ3) is 4.85. The third-order valence-electron chi connectivity index (χ3n) is 6.31. The van der Waals surface area contributed by atoms with Gasteiger partial charge in [0.05, 0.1) is 12.1 Å². The molecule has 0 aliphatic heterocycles. The maximum Gasteiger partial charge on any atom is 0.251 e. The van der Waals surface area contributed by atoms with Gasteiger partial charge in [0.25, 0.3) is 5.95 Å². The van der Waals surface area contributed by atoms with E-state index in [1.165, 1.54) is 12.8 Å². The number of nitrogens with zero attached hydrogens (tertiary/aromatic N) is 4. The van der Waals surface area contributed by atoms with E-state index in [-0.39, 0.29) is 11.9 Å². The van der Waals surface area contributed by atoms with Crippen molar-refractivity contribution in [1.29, 1.82) is 0 Å². The SMILES string of the molecule is Cc1cc(C)nc(-n2nc(C)c(CC(=O)N[C@H]3C[C@H](C)CC[C@@H]3C(C)C)c2C)n1. The molecule has 1 fully saturated rings. The highest BCUT2D eigenvalue weighted by Gasteiger charge is 2.32. The van der Waals surface area contributed by atoms with Gasteiger partial charge in [-0.15, -0.1) is 0 Å². The van der Waals surface area contributed by atoms with Crippen molar-refractivity contribution in [1.82, 2.24) is 25.1 Å². The molecule has 1 aliphatic carbocycles. The fourth-order valence-corrected chi connectivity index (χ4v) is 4.71. The Hall–Kier alpha value is -2.24. The zero-order valence-corrected chi connectivity index (χ0v) is 18.9. The van der Waals surface area contributed by atoms with Crippen molar-refractivity contribution in [3.8, 4) is 5.95 Å². The Morgan fingerprint density at radius 2 is 1.83 bits per heavy atom. The summed E-state index contributed by atoms with van der Waals surface area (Å²) in [6, 6.07) is 2.21. The van der Waals surface area contributed by atoms with Crippen LogP contribution in [0, 0.1) is 45.4 Å². The van der Waals surface area contributed by atoms with Crippen LogP contribution in [0.2, 0.25) is 0 Å². The van der Waals surface area contributed by atoms with Gasteiger partial charge in [0.2, 0.25) is 5.91 Å². The van der Waals surface area contributed by atoms with Crippen LogP contribution in [-0.4, -0.2) is 31.7 Å². The van der Waals surface area contributed by atoms with E-state index in [1.54, 1.807) is 4.68 Å². The average Bonchev–Trinajstić information content (AvgIpc) is 2.89. The van der Waals surface area contributed by atoms with Crippen LogP contribution in [-0.2, 0) is 11.2 Å². The number of aromatic nitrogens is 4. The summed E-state index contributed by atoms with van der Waals surface area (Å²) in [6.07, 6.45) is 3.88. The summed E-state index contributed by atoms with van der Waals surface area (Å²) in [5, 5.41) is 7.97. The van der Waals surface area contributed by atoms with E-state index in [0.717, 1.165) is 34.8 Å². The zero-order chi connectivity index (χ0) is 21.3. The first-order valence-corrected chi connectivity index (χ1v) is 10.8. The molecule has 2 aromatic rings. The van der Waals surface area contributed by atoms with Gasteiger partial charge in [0.1, 0.15) is 0 Å². The number of rotatable bonds is 5. The number of carbonyl (C=O) groups is 1. The van der Waals surface area contributed by atoms with Crippen LogP contribution in [0.1, 0.15) is 68.4 Å². The molecule has 3 rings (SSSR count). The van der Waals surface area contributed by atoms with Gasteiger partial charge in [-0.2, -0.15) is 5.10 Å². The number of nitrogens with one attached hydrogen (secondary N) is 1. The van der Waals surface area contributed by atoms with Crippen LogP contribution < -0.4 is 5.32 Å². The van der Waals surface area contributed by atoms with Crippen LogP contribution in [0.5, 0.6) is 0 Å². The maximum atomic E-state index is 12.9. The third-order valence-corrected chi connectivity index (χ3v) is 6.31. The Kier molecular flexibility index (Phi) is 6.39. The second-order valence-electron chi connectivity index (χ2n) is 9.19. The van der Waals surface area contributed by atoms with Crippen molar-refractivity contribution in [2.24, 2.45) is 17.8 Å². The van der Waals surface area contributed by atoms with Gasteiger partial charge in [0, 0.05) is 28.7 Å². The summed E-state index contributed by atoms with van der Waals surface area (Å²) in [7, 11) is 0. The highest BCUT2D eigenvalue weighted by atomic mass is 16.1. The molecular formula is C23H35N5O. The van der Waals surface area contributed by atoms with Crippen molar-refractivity contribution in [2.45, 2.75) is 80.2 Å². The zero-order valence-electron chi connectivity index (χ0n) is 18.9. The Bertz CT molecular complexity index is 865. The fourth-order valence-electron chi connectivity index (χ4n) is 4.71. The van der Waals surface area contributed by atoms with Crippen LogP contribution >= 0.6 is 0 Å². The van der Waals surface area contributed by atoms with Crippen molar-refractivity contribution in [2.75, 3.05) is 0 Å². The van der Waals surface area contributed by atoms with Crippen molar-refractivity contribution < 1.29 is 4.79 Å². The Labute approximate surface area is 174 Å². The Balaban J connectivity index is 1.78. The molecule has 3 atom stereocenters. The van der Waals surface area contributed by atoms with E-state index in [0.29, 0.717) is 30.1 Å². The summed E-state index contributed by atoms with van der Waals surface area (Å²) < 4.78 is 1.76. The number of hydrogen-bond acceptors (Lipinski definition) is 4. The van der Waals surface area contributed by atoms with Crippen LogP contribution in [0.3, 0.4) is 0 Å². The summed E-state index contributed by atoms with van der Waals surface area (Å²) in [4.78, 5) is 22.0. The molecule has 0 spiro atoms. The molecule has 6 nitrogen and oxygen atoms in total. The minimum atomic E-state index is 0.0850. The summed E-state index contributed by atoms with van der Waals surface area (Å²) in [6.45, 7) is 14.7. The monoisotopic (exact) mass is 397 g/mol. The number of carbonyl (C=O) groups excluding carboxylic acids is 1. The molecule has 158 valence electrons. The molecule has 0 radical (unpaired) electrons. The summed E-state index contributed by atoms with van der Waals surface area (Å²) >= 11 is 0. The standard InChI is InChI=1S/C23H35N5O/c1-13(2)19-9-8-14(3)10-21(19)26-22(29)12-20-17(6)27-28(18(20)7)23-24-15(4)11-16(5)25-23/h11,13-14,19,21H,8-10,12H2,1-7H3,(H,26,29)/t14-,19-,21+/m1/s1. The molecule has 6 heteroatoms. The molecule has 2 aromatic heterocycles. The minimum absolute atomic E-state index is 0.0850. The number of amides is 1. The van der Waals surface area contributed by atoms with E-state index in [4.69, 9.17) is 0 Å². The molecule has 0 unspecified atom stereocenters. The molecular weight excluding hydrogens is 362 g/mol. The number of hydrogen-bond donors (Lipinski definition) is 1. The molecule has 1 saturated carbocycles. The van der Waals surface area contributed by atoms with E-state index in [2.05, 4.69) is 41.2 Å². The van der Waals surface area contributed by atoms with Gasteiger partial charge in [-0.25, -0.2) is 14.6 Å². The Morgan fingerprint density at radius 1 is 1.17 bits per heavy atom. The van der Waals surface area contributed by atoms with E-state index < -0.39 is 0 Å². The second-order valence-corrected chi connectivity index (χ2v) is 9.19. The topological polar surface area (TPSA) is 72.7 Å². The lowest BCUT2D eigenvalue weighted by molar-refractivity contribution is -0.122. The van der Waals surface area contributed by atoms with Crippen LogP contribution in [0.4, 0.5) is 0 Å². The van der Waals surface area contributed by atoms with E-state index in [1.807, 2.05) is 33.8 Å². The first kappa shape index (κ1) is 21.5. The largest absolute Gasteiger partial charge is 0.353 e. The lowest BCUT2D eigenvalue weighted by Crippen LogP contribution is -2.46. The first-order chi connectivity index (χ1) is 13.7. The molecule has 0 aromatic carbocycles. The highest BCUT2D eigenvalue weighted by Crippen LogP contribution is 2.33. The average molecular weight is 398 g/mol. The van der Waals surface area contributed by atoms with Gasteiger partial charge >= 0.3 is 0 Å². The van der Waals surface area contributed by atoms with Gasteiger partial charge in [-0.3, -0.25) is 4.79 Å². The summed E-state index contributed by atoms with van der Waals surface area (Å²) in [5.74, 6) is 2.46. The molecule has 29 heavy (non-hydrogen) atoms. The molecule has 2 heterocycles. The minimum Gasteiger partial charge on any atom is -0.353 e. The lowest BCUT2D eigenvalue weighted by atomic mass is 9.74. The van der Waals surface area contributed by atoms with E-state index in [9.17, 15) is 4.79 Å². The predicted molar refractivity (Wildman–Crippen MR) is 115 cm³/mol. The lowest BCUT2D eigenvalue weighted by Gasteiger charge is -2.37. The first-order valence-electron chi connectivity index (χ1n) is 10.8. The van der Waals surface area contributed by atoms with Crippen LogP contribution in [0.25, 0.3) is 5.95 Å². The van der Waals surface area contributed by atoms with E-state index >= 15 is 0 Å². The van der Waals surface area contributed by atoms with Gasteiger partial charge in [-0.1, -0.05) is 27.2 Å². The quantitative estimate of drug-likeness (QED) is 0.827. The smallest absolute Gasteiger partial charge is 0.251 e. The molecule has 1 amide bonds. The molecule has 1 N–H and O–H groups in total. The van der Waals surface area contributed by atoms with Gasteiger partial charge in [0.15, 0.2) is 0 Å². The normalized spacial score (nSPS) is 22.1. The molecule has 0 saturated heterocycles. The highest BCUT2D eigenvalue weighted by molar-refractivity contribution is 5.79. The van der Waals surface area contributed by atoms with Gasteiger partial charge in [-0.05, 0) is 64.4 Å². The van der Waals surface area contributed by atoms with Crippen molar-refractivity contribution in [3.63, 3.8) is 0 Å². The summed E-state index contributed by atoms with van der Waals surface area (Å²) in [5.41, 5.74) is 4.57. The Morgan fingerprint density at radius 3 is 2.45 bits per heavy atom. The van der Waals surface area contributed by atoms with Gasteiger partial charge < -0.3 is 5.32 Å². The fraction of sp³-hybridized carbons (Fsp3) is 0.652. The predicted octanol–water partition coefficient (Wildman–Crippen LogP) is 4.02. The molecule has 1 aliphatic rings. The van der Waals surface area contributed by atoms with Crippen molar-refractivity contribution >= 4 is 5.91 Å². The van der Waals surface area contributed by atoms with Crippen LogP contribution in [0.15, 0.2) is 6.07 Å². The number of aryl methyl sites for hydroxylation is 3. The maximum absolute atomic E-state index is 12.9. The van der Waals surface area contributed by atoms with Crippen molar-refractivity contribution in [3.05, 3.63) is 34.4 Å². The second kappa shape index (κ2) is 8.64. The molecule has 0 bridgehead atoms.